The number of cyclic esters (lactones) is 1. The largest absolute Gasteiger partial charge is 0.633 e. The van der Waals surface area contributed by atoms with Crippen LogP contribution in [0.3, 0.4) is 0 Å². The van der Waals surface area contributed by atoms with Crippen LogP contribution in [0.2, 0.25) is 54.4 Å². The van der Waals surface area contributed by atoms with Crippen LogP contribution in [0, 0.1) is 17.0 Å². The lowest BCUT2D eigenvalue weighted by Gasteiger charge is -2.57. The zero-order valence-electron chi connectivity index (χ0n) is 50.0. The average molecular weight is 1090 g/mol. The molecule has 0 aromatic heterocycles. The van der Waals surface area contributed by atoms with E-state index in [2.05, 4.69) is 121 Å². The number of hydrogen-bond donors (Lipinski definition) is 1. The first-order valence-electron chi connectivity index (χ1n) is 27.4. The number of allylic oxidation sites excluding steroid dienone is 2. The maximum atomic E-state index is 15.1. The number of carbonyl (C=O) groups is 1. The second-order valence-corrected chi connectivity index (χ2v) is 41.4. The minimum Gasteiger partial charge on any atom is -0.633 e. The predicted molar refractivity (Wildman–Crippen MR) is 295 cm³/mol. The molecular formula is C55H105NO14Si3. The van der Waals surface area contributed by atoms with E-state index >= 15 is 5.21 Å². The highest BCUT2D eigenvalue weighted by Gasteiger charge is 2.59. The molecule has 2 bridgehead atoms. The van der Waals surface area contributed by atoms with Crippen molar-refractivity contribution >= 4 is 30.9 Å². The molecule has 4 aliphatic rings. The molecule has 15 nitrogen and oxygen atoms in total. The van der Waals surface area contributed by atoms with Gasteiger partial charge in [-0.3, -0.25) is 4.79 Å². The van der Waals surface area contributed by atoms with Crippen molar-refractivity contribution in [3.63, 3.8) is 0 Å². The minimum atomic E-state index is -2.73. The second-order valence-electron chi connectivity index (χ2n) is 27.2. The van der Waals surface area contributed by atoms with Crippen LogP contribution in [0.15, 0.2) is 24.3 Å². The fourth-order valence-electron chi connectivity index (χ4n) is 9.99. The van der Waals surface area contributed by atoms with Crippen molar-refractivity contribution in [1.82, 2.24) is 0 Å². The summed E-state index contributed by atoms with van der Waals surface area (Å²) in [4.78, 5) is 14.1. The van der Waals surface area contributed by atoms with Crippen LogP contribution in [0.4, 0.5) is 0 Å². The lowest BCUT2D eigenvalue weighted by Crippen LogP contribution is -2.71. The third-order valence-corrected chi connectivity index (χ3v) is 30.7. The molecule has 0 aliphatic carbocycles. The Morgan fingerprint density at radius 2 is 1.33 bits per heavy atom. The van der Waals surface area contributed by atoms with Gasteiger partial charge >= 0.3 is 5.97 Å². The van der Waals surface area contributed by atoms with Gasteiger partial charge in [0.15, 0.2) is 43.6 Å². The number of nitrogens with zero attached hydrogens (tertiary/aromatic N) is 1. The van der Waals surface area contributed by atoms with E-state index < -0.39 is 121 Å². The van der Waals surface area contributed by atoms with E-state index in [0.717, 1.165) is 0 Å². The van der Waals surface area contributed by atoms with E-state index in [1.807, 2.05) is 39.8 Å². The second kappa shape index (κ2) is 24.6. The molecule has 0 amide bonds. The monoisotopic (exact) mass is 1090 g/mol. The number of carbonyl (C=O) groups excluding carboxylic acids is 1. The van der Waals surface area contributed by atoms with Crippen molar-refractivity contribution in [2.75, 3.05) is 27.8 Å². The molecule has 0 spiro atoms. The summed E-state index contributed by atoms with van der Waals surface area (Å²) >= 11 is 0. The van der Waals surface area contributed by atoms with E-state index in [9.17, 15) is 9.90 Å². The highest BCUT2D eigenvalue weighted by atomic mass is 28.4. The van der Waals surface area contributed by atoms with Gasteiger partial charge in [-0.2, -0.15) is 0 Å². The molecule has 18 heteroatoms. The number of hydroxylamine groups is 3. The van der Waals surface area contributed by atoms with Crippen LogP contribution in [0.25, 0.3) is 0 Å². The molecule has 3 saturated heterocycles. The number of ether oxygens (including phenoxy) is 8. The number of aliphatic hydroxyl groups is 1. The first kappa shape index (κ1) is 64.6. The summed E-state index contributed by atoms with van der Waals surface area (Å²) in [5, 5.41) is 26.3. The fourth-order valence-corrected chi connectivity index (χ4v) is 13.8. The van der Waals surface area contributed by atoms with Crippen molar-refractivity contribution < 1.29 is 65.7 Å². The number of hydrogen-bond acceptors (Lipinski definition) is 14. The van der Waals surface area contributed by atoms with Gasteiger partial charge in [0.05, 0.1) is 56.6 Å². The lowest BCUT2D eigenvalue weighted by molar-refractivity contribution is -0.879. The van der Waals surface area contributed by atoms with Gasteiger partial charge in [0.1, 0.15) is 36.7 Å². The third kappa shape index (κ3) is 16.6. The molecule has 0 aromatic rings. The summed E-state index contributed by atoms with van der Waals surface area (Å²) in [7, 11) is -2.68. The third-order valence-electron chi connectivity index (χ3n) is 17.3. The maximum Gasteiger partial charge on any atom is 0.308 e. The molecule has 17 atom stereocenters. The summed E-state index contributed by atoms with van der Waals surface area (Å²) in [6.45, 7) is 45.1. The highest BCUT2D eigenvalue weighted by molar-refractivity contribution is 6.75. The Morgan fingerprint density at radius 1 is 0.753 bits per heavy atom. The van der Waals surface area contributed by atoms with Crippen LogP contribution in [0.1, 0.15) is 136 Å². The van der Waals surface area contributed by atoms with E-state index in [4.69, 9.17) is 51.2 Å². The lowest BCUT2D eigenvalue weighted by atomic mass is 9.83. The quantitative estimate of drug-likeness (QED) is 0.0757. The molecule has 1 N–H and O–H groups in total. The SMILES string of the molecule is CCO[C@@H]1[C@@H](C)O[C@H](O[C@@H]2[C@@H]([N+](C)(C)[O-])[C@H](O[Si](C)(C)C(C)(C)C)[C@@H](O[C@H]3[C@H]4CC(O[Si](C)(C)C(C)(C)C)O[C@H](CC(=O)O[C@H](C)C/C=C/C=C/[C@H](O[Si](C)(C)C(C)(C)C)[C@H](C)C4)[C@@H]3OC)O[C@H]2C)C[C@]1(C)O. The van der Waals surface area contributed by atoms with Crippen LogP contribution in [-0.4, -0.2) is 160 Å². The van der Waals surface area contributed by atoms with Gasteiger partial charge in [0.2, 0.25) is 0 Å². The summed E-state index contributed by atoms with van der Waals surface area (Å²) in [6, 6.07) is -0.898. The molecule has 426 valence electrons. The smallest absolute Gasteiger partial charge is 0.308 e. The van der Waals surface area contributed by atoms with Crippen LogP contribution in [-0.2, 0) is 56.0 Å². The molecule has 4 rings (SSSR count). The Bertz CT molecular complexity index is 1820. The summed E-state index contributed by atoms with van der Waals surface area (Å²) in [5.74, 6) is -0.780. The Hall–Kier alpha value is -0.919. The van der Waals surface area contributed by atoms with Crippen molar-refractivity contribution in [2.45, 2.75) is 282 Å². The fraction of sp³-hybridized carbons (Fsp3) is 0.909. The zero-order chi connectivity index (χ0) is 55.7. The van der Waals surface area contributed by atoms with Crippen LogP contribution >= 0.6 is 0 Å². The first-order valence-corrected chi connectivity index (χ1v) is 36.1. The predicted octanol–water partition coefficient (Wildman–Crippen LogP) is 11.1. The van der Waals surface area contributed by atoms with Gasteiger partial charge in [-0.25, -0.2) is 0 Å². The van der Waals surface area contributed by atoms with Crippen molar-refractivity contribution in [2.24, 2.45) is 11.8 Å². The zero-order valence-corrected chi connectivity index (χ0v) is 53.0. The molecular weight excluding hydrogens is 983 g/mol. The first-order chi connectivity index (χ1) is 33.2. The van der Waals surface area contributed by atoms with E-state index in [1.54, 1.807) is 28.1 Å². The average Bonchev–Trinajstić information content (AvgIpc) is 3.32. The van der Waals surface area contributed by atoms with Gasteiger partial charge < -0.3 is 66.1 Å². The van der Waals surface area contributed by atoms with E-state index in [1.165, 1.54) is 0 Å². The molecule has 4 aliphatic heterocycles. The van der Waals surface area contributed by atoms with E-state index in [-0.39, 0.29) is 45.9 Å². The molecule has 73 heavy (non-hydrogen) atoms. The van der Waals surface area contributed by atoms with Crippen molar-refractivity contribution in [3.8, 4) is 0 Å². The molecule has 0 aromatic carbocycles. The standard InChI is InChI=1S/C55H105NO14Si3/c1-25-61-50-38(5)63-44(34-55(50,15)58)66-46-37(4)64-51(49(45(46)56(16,17)59)70-73(23,24)54(12,13)14)67-47-39-31-35(2)40(68-71(19,20)52(6,7)8)30-28-26-27-29-36(3)62-42(57)33-41(48(47)60-18)65-43(32-39)69-72(21,22)53(9,10)11/h26-28,30,35-41,43-51,58H,25,29,31-34H2,1-24H3/b27-26+,30-28+/t35-,36-,37+,38-,39-,40+,41-,43?,44-,45-,46+,47+,48+,49+,50-,51-,55+/m1/s1. The maximum absolute atomic E-state index is 15.1. The van der Waals surface area contributed by atoms with Crippen molar-refractivity contribution in [3.05, 3.63) is 29.5 Å². The summed E-state index contributed by atoms with van der Waals surface area (Å²) < 4.78 is 74.9. The number of rotatable bonds is 14. The van der Waals surface area contributed by atoms with Crippen LogP contribution < -0.4 is 0 Å². The Labute approximate surface area is 445 Å². The number of likely N-dealkylation sites (N-methyl/N-ethyl adjacent to an activating group) is 1. The van der Waals surface area contributed by atoms with Gasteiger partial charge in [-0.1, -0.05) is 93.5 Å². The van der Waals surface area contributed by atoms with E-state index in [0.29, 0.717) is 25.9 Å². The molecule has 3 fully saturated rings. The number of quaternary nitrogens is 1. The normalized spacial score (nSPS) is 38.4. The Kier molecular flexibility index (Phi) is 21.8. The van der Waals surface area contributed by atoms with Gasteiger partial charge in [0, 0.05) is 33.0 Å². The summed E-state index contributed by atoms with van der Waals surface area (Å²) in [5.41, 5.74) is -1.27. The summed E-state index contributed by atoms with van der Waals surface area (Å²) in [6.07, 6.45) is 0.319. The number of esters is 1. The Morgan fingerprint density at radius 3 is 1.86 bits per heavy atom. The highest BCUT2D eigenvalue weighted by Crippen LogP contribution is 2.47. The Balaban J connectivity index is 1.97. The molecule has 0 saturated carbocycles. The molecule has 0 radical (unpaired) electrons. The van der Waals surface area contributed by atoms with Gasteiger partial charge in [-0.15, -0.1) is 0 Å². The minimum absolute atomic E-state index is 0.0417. The van der Waals surface area contributed by atoms with Crippen LogP contribution in [0.5, 0.6) is 0 Å². The van der Waals surface area contributed by atoms with Gasteiger partial charge in [0.25, 0.3) is 0 Å². The topological polar surface area (TPSA) is 162 Å². The number of methoxy groups -OCH3 is 1. The molecule has 1 unspecified atom stereocenters. The van der Waals surface area contributed by atoms with Crippen molar-refractivity contribution in [1.29, 1.82) is 0 Å². The number of fused-ring (bicyclic) bond motifs is 3. The molecule has 4 heterocycles. The van der Waals surface area contributed by atoms with Gasteiger partial charge in [-0.05, 0) is 107 Å².